The number of amides is 1. The van der Waals surface area contributed by atoms with Crippen molar-refractivity contribution in [1.29, 1.82) is 0 Å². The van der Waals surface area contributed by atoms with Gasteiger partial charge in [0.25, 0.3) is 0 Å². The molecule has 60 valence electrons. The average molecular weight is 144 g/mol. The lowest BCUT2D eigenvalue weighted by Crippen LogP contribution is -2.41. The molecule has 0 unspecified atom stereocenters. The van der Waals surface area contributed by atoms with Crippen molar-refractivity contribution in [3.8, 4) is 0 Å². The molecule has 0 bridgehead atoms. The summed E-state index contributed by atoms with van der Waals surface area (Å²) < 4.78 is 0. The molecule has 0 spiro atoms. The van der Waals surface area contributed by atoms with Gasteiger partial charge in [-0.25, -0.2) is 5.01 Å². The Bertz CT molecular complexity index is 104. The summed E-state index contributed by atoms with van der Waals surface area (Å²) >= 11 is 0. The molecular weight excluding hydrogens is 128 g/mol. The number of hydrogen-bond donors (Lipinski definition) is 1. The van der Waals surface area contributed by atoms with Crippen molar-refractivity contribution < 1.29 is 4.79 Å². The van der Waals surface area contributed by atoms with E-state index in [9.17, 15) is 4.79 Å². The summed E-state index contributed by atoms with van der Waals surface area (Å²) in [6.45, 7) is 7.43. The molecule has 0 aromatic carbocycles. The van der Waals surface area contributed by atoms with Crippen molar-refractivity contribution in [1.82, 2.24) is 10.4 Å². The van der Waals surface area contributed by atoms with Crippen LogP contribution in [0.15, 0.2) is 0 Å². The van der Waals surface area contributed by atoms with E-state index in [1.165, 1.54) is 6.92 Å². The van der Waals surface area contributed by atoms with Crippen LogP contribution >= 0.6 is 0 Å². The minimum absolute atomic E-state index is 0.00954. The highest BCUT2D eigenvalue weighted by Gasteiger charge is 1.99. The molecule has 0 atom stereocenters. The minimum Gasteiger partial charge on any atom is -0.289 e. The number of nitrogens with zero attached hydrogens (tertiary/aromatic N) is 1. The van der Waals surface area contributed by atoms with Crippen LogP contribution in [0.5, 0.6) is 0 Å². The Kier molecular flexibility index (Phi) is 4.94. The van der Waals surface area contributed by atoms with Crippen molar-refractivity contribution in [3.05, 3.63) is 0 Å². The van der Waals surface area contributed by atoms with Crippen LogP contribution in [-0.2, 0) is 4.79 Å². The zero-order valence-corrected chi connectivity index (χ0v) is 6.98. The third kappa shape index (κ3) is 4.32. The SMILES string of the molecule is CCCN(CC)NC(C)=O. The minimum atomic E-state index is 0.00954. The second-order valence-corrected chi connectivity index (χ2v) is 2.25. The van der Waals surface area contributed by atoms with Gasteiger partial charge in [-0.1, -0.05) is 13.8 Å². The molecular formula is C7H16N2O. The molecule has 0 fully saturated rings. The van der Waals surface area contributed by atoms with Gasteiger partial charge in [-0.05, 0) is 6.42 Å². The highest BCUT2D eigenvalue weighted by molar-refractivity contribution is 5.72. The molecule has 0 aliphatic heterocycles. The van der Waals surface area contributed by atoms with E-state index in [1.807, 2.05) is 11.9 Å². The van der Waals surface area contributed by atoms with Crippen LogP contribution in [-0.4, -0.2) is 24.0 Å². The highest BCUT2D eigenvalue weighted by atomic mass is 16.2. The maximum Gasteiger partial charge on any atom is 0.231 e. The van der Waals surface area contributed by atoms with Crippen LogP contribution in [0.2, 0.25) is 0 Å². The molecule has 0 aromatic rings. The number of nitrogens with one attached hydrogen (secondary N) is 1. The summed E-state index contributed by atoms with van der Waals surface area (Å²) in [4.78, 5) is 10.5. The lowest BCUT2D eigenvalue weighted by molar-refractivity contribution is -0.123. The van der Waals surface area contributed by atoms with E-state index in [1.54, 1.807) is 0 Å². The number of carbonyl (C=O) groups is 1. The lowest BCUT2D eigenvalue weighted by Gasteiger charge is -2.18. The largest absolute Gasteiger partial charge is 0.289 e. The predicted molar refractivity (Wildman–Crippen MR) is 41.4 cm³/mol. The lowest BCUT2D eigenvalue weighted by atomic mass is 10.4. The molecule has 0 saturated heterocycles. The molecule has 1 amide bonds. The van der Waals surface area contributed by atoms with Gasteiger partial charge in [-0.3, -0.25) is 10.2 Å². The Hall–Kier alpha value is -0.570. The molecule has 1 N–H and O–H groups in total. The zero-order valence-electron chi connectivity index (χ0n) is 6.98. The van der Waals surface area contributed by atoms with E-state index >= 15 is 0 Å². The summed E-state index contributed by atoms with van der Waals surface area (Å²) in [5.41, 5.74) is 2.72. The van der Waals surface area contributed by atoms with Gasteiger partial charge in [0.05, 0.1) is 0 Å². The Balaban J connectivity index is 3.49. The van der Waals surface area contributed by atoms with Crippen LogP contribution in [0, 0.1) is 0 Å². The maximum atomic E-state index is 10.5. The van der Waals surface area contributed by atoms with Crippen LogP contribution in [0.25, 0.3) is 0 Å². The van der Waals surface area contributed by atoms with E-state index in [-0.39, 0.29) is 5.91 Å². The fourth-order valence-electron chi connectivity index (χ4n) is 0.786. The number of rotatable bonds is 4. The van der Waals surface area contributed by atoms with Gasteiger partial charge in [-0.2, -0.15) is 0 Å². The number of hydrogen-bond acceptors (Lipinski definition) is 2. The summed E-state index contributed by atoms with van der Waals surface area (Å²) in [7, 11) is 0. The second-order valence-electron chi connectivity index (χ2n) is 2.25. The fourth-order valence-corrected chi connectivity index (χ4v) is 0.786. The summed E-state index contributed by atoms with van der Waals surface area (Å²) in [5, 5.41) is 1.91. The van der Waals surface area contributed by atoms with E-state index < -0.39 is 0 Å². The first-order valence-electron chi connectivity index (χ1n) is 3.72. The topological polar surface area (TPSA) is 32.3 Å². The van der Waals surface area contributed by atoms with Crippen molar-refractivity contribution >= 4 is 5.91 Å². The second kappa shape index (κ2) is 5.23. The molecule has 10 heavy (non-hydrogen) atoms. The normalized spacial score (nSPS) is 10.0. The molecule has 0 rings (SSSR count). The van der Waals surface area contributed by atoms with E-state index in [4.69, 9.17) is 0 Å². The molecule has 0 aromatic heterocycles. The molecule has 0 radical (unpaired) electrons. The Morgan fingerprint density at radius 2 is 2.10 bits per heavy atom. The first-order valence-corrected chi connectivity index (χ1v) is 3.72. The summed E-state index contributed by atoms with van der Waals surface area (Å²) in [5.74, 6) is 0.00954. The fraction of sp³-hybridized carbons (Fsp3) is 0.857. The van der Waals surface area contributed by atoms with E-state index in [2.05, 4.69) is 12.3 Å². The third-order valence-electron chi connectivity index (χ3n) is 1.19. The van der Waals surface area contributed by atoms with Gasteiger partial charge >= 0.3 is 0 Å². The van der Waals surface area contributed by atoms with E-state index in [0.29, 0.717) is 0 Å². The highest BCUT2D eigenvalue weighted by Crippen LogP contribution is 1.84. The monoisotopic (exact) mass is 144 g/mol. The van der Waals surface area contributed by atoms with Gasteiger partial charge in [-0.15, -0.1) is 0 Å². The van der Waals surface area contributed by atoms with Crippen LogP contribution < -0.4 is 5.43 Å². The molecule has 0 heterocycles. The first-order chi connectivity index (χ1) is 4.70. The smallest absolute Gasteiger partial charge is 0.231 e. The predicted octanol–water partition coefficient (Wildman–Crippen LogP) is 0.769. The van der Waals surface area contributed by atoms with Gasteiger partial charge in [0.1, 0.15) is 0 Å². The van der Waals surface area contributed by atoms with Gasteiger partial charge in [0.2, 0.25) is 5.91 Å². The van der Waals surface area contributed by atoms with Gasteiger partial charge in [0.15, 0.2) is 0 Å². The summed E-state index contributed by atoms with van der Waals surface area (Å²) in [6, 6.07) is 0. The van der Waals surface area contributed by atoms with Crippen LogP contribution in [0.3, 0.4) is 0 Å². The molecule has 0 aliphatic carbocycles. The number of carbonyl (C=O) groups excluding carboxylic acids is 1. The van der Waals surface area contributed by atoms with Gasteiger partial charge in [0, 0.05) is 20.0 Å². The van der Waals surface area contributed by atoms with Crippen LogP contribution in [0.4, 0.5) is 0 Å². The maximum absolute atomic E-state index is 10.5. The van der Waals surface area contributed by atoms with Gasteiger partial charge < -0.3 is 0 Å². The molecule has 0 aliphatic rings. The molecule has 3 nitrogen and oxygen atoms in total. The number of hydrazine groups is 1. The van der Waals surface area contributed by atoms with Crippen molar-refractivity contribution in [2.75, 3.05) is 13.1 Å². The zero-order chi connectivity index (χ0) is 7.98. The van der Waals surface area contributed by atoms with E-state index in [0.717, 1.165) is 19.5 Å². The standard InChI is InChI=1S/C7H16N2O/c1-4-6-9(5-2)8-7(3)10/h4-6H2,1-3H3,(H,8,10). The molecule has 3 heteroatoms. The first kappa shape index (κ1) is 9.43. The third-order valence-corrected chi connectivity index (χ3v) is 1.19. The van der Waals surface area contributed by atoms with Crippen molar-refractivity contribution in [2.24, 2.45) is 0 Å². The van der Waals surface area contributed by atoms with Crippen molar-refractivity contribution in [2.45, 2.75) is 27.2 Å². The molecule has 0 saturated carbocycles. The quantitative estimate of drug-likeness (QED) is 0.591. The van der Waals surface area contributed by atoms with Crippen molar-refractivity contribution in [3.63, 3.8) is 0 Å². The van der Waals surface area contributed by atoms with Crippen LogP contribution in [0.1, 0.15) is 27.2 Å². The Morgan fingerprint density at radius 1 is 1.50 bits per heavy atom. The Labute approximate surface area is 62.4 Å². The average Bonchev–Trinajstić information content (AvgIpc) is 1.86. The Morgan fingerprint density at radius 3 is 2.40 bits per heavy atom. The summed E-state index contributed by atoms with van der Waals surface area (Å²) in [6.07, 6.45) is 1.06.